The molecular weight excluding hydrogens is 340 g/mol. The van der Waals surface area contributed by atoms with E-state index in [1.807, 2.05) is 7.05 Å². The van der Waals surface area contributed by atoms with Crippen LogP contribution in [-0.2, 0) is 24.9 Å². The Morgan fingerprint density at radius 3 is 2.52 bits per heavy atom. The van der Waals surface area contributed by atoms with Crippen LogP contribution in [0.4, 0.5) is 5.82 Å². The van der Waals surface area contributed by atoms with Gasteiger partial charge < -0.3 is 10.1 Å². The normalized spacial score (nSPS) is 20.9. The highest BCUT2D eigenvalue weighted by atomic mass is 16.5. The number of fused-ring (bicyclic) bond motifs is 1. The van der Waals surface area contributed by atoms with Gasteiger partial charge in [-0.1, -0.05) is 24.3 Å². The molecule has 1 aliphatic rings. The van der Waals surface area contributed by atoms with E-state index < -0.39 is 0 Å². The van der Waals surface area contributed by atoms with Crippen LogP contribution in [0.25, 0.3) is 11.0 Å². The van der Waals surface area contributed by atoms with Gasteiger partial charge in [0.25, 0.3) is 0 Å². The third kappa shape index (κ3) is 4.09. The number of hydrogen-bond acceptors (Lipinski definition) is 6. The Morgan fingerprint density at radius 1 is 1.07 bits per heavy atom. The third-order valence-electron chi connectivity index (χ3n) is 4.91. The van der Waals surface area contributed by atoms with Gasteiger partial charge in [-0.2, -0.15) is 5.10 Å². The number of benzene rings is 1. The summed E-state index contributed by atoms with van der Waals surface area (Å²) < 4.78 is 7.57. The van der Waals surface area contributed by atoms with Crippen LogP contribution in [0.3, 0.4) is 0 Å². The van der Waals surface area contributed by atoms with Gasteiger partial charge in [-0.3, -0.25) is 9.58 Å². The minimum absolute atomic E-state index is 0.300. The van der Waals surface area contributed by atoms with Crippen LogP contribution in [0.2, 0.25) is 0 Å². The lowest BCUT2D eigenvalue weighted by atomic mass is 10.1. The third-order valence-corrected chi connectivity index (χ3v) is 4.91. The maximum absolute atomic E-state index is 5.81. The van der Waals surface area contributed by atoms with E-state index in [-0.39, 0.29) is 0 Å². The van der Waals surface area contributed by atoms with Crippen molar-refractivity contribution in [3.8, 4) is 0 Å². The van der Waals surface area contributed by atoms with Gasteiger partial charge in [0, 0.05) is 33.2 Å². The molecule has 2 aromatic heterocycles. The SMILES string of the molecule is C[C@@H]1CN(Cc2ccc(CNc3ncnc4c3cnn4C)cc2)C[C@@H](C)O1. The molecule has 7 nitrogen and oxygen atoms in total. The fourth-order valence-electron chi connectivity index (χ4n) is 3.72. The summed E-state index contributed by atoms with van der Waals surface area (Å²) in [4.78, 5) is 11.1. The highest BCUT2D eigenvalue weighted by Gasteiger charge is 2.21. The van der Waals surface area contributed by atoms with Crippen LogP contribution < -0.4 is 5.32 Å². The Morgan fingerprint density at radius 2 is 1.78 bits per heavy atom. The predicted octanol–water partition coefficient (Wildman–Crippen LogP) is 2.58. The van der Waals surface area contributed by atoms with Gasteiger partial charge in [-0.15, -0.1) is 0 Å². The van der Waals surface area contributed by atoms with Crippen molar-refractivity contribution in [3.63, 3.8) is 0 Å². The van der Waals surface area contributed by atoms with E-state index in [0.29, 0.717) is 18.8 Å². The zero-order chi connectivity index (χ0) is 18.8. The second-order valence-electron chi connectivity index (χ2n) is 7.35. The van der Waals surface area contributed by atoms with E-state index in [1.165, 1.54) is 11.1 Å². The van der Waals surface area contributed by atoms with Crippen LogP contribution in [0.15, 0.2) is 36.8 Å². The standard InChI is InChI=1S/C20H26N6O/c1-14-10-26(11-15(2)27-14)12-17-6-4-16(5-7-17)8-21-19-18-9-24-25(3)20(18)23-13-22-19/h4-7,9,13-15H,8,10-12H2,1-3H3,(H,21,22,23)/t14-,15-/m1/s1. The molecular formula is C20H26N6O. The first kappa shape index (κ1) is 17.9. The topological polar surface area (TPSA) is 68.1 Å². The molecule has 1 saturated heterocycles. The molecule has 1 aromatic carbocycles. The summed E-state index contributed by atoms with van der Waals surface area (Å²) in [5, 5.41) is 8.59. The van der Waals surface area contributed by atoms with Gasteiger partial charge in [-0.25, -0.2) is 9.97 Å². The highest BCUT2D eigenvalue weighted by Crippen LogP contribution is 2.19. The van der Waals surface area contributed by atoms with Crippen molar-refractivity contribution in [1.29, 1.82) is 0 Å². The van der Waals surface area contributed by atoms with Crippen molar-refractivity contribution in [1.82, 2.24) is 24.6 Å². The van der Waals surface area contributed by atoms with Gasteiger partial charge in [0.15, 0.2) is 5.65 Å². The first-order valence-corrected chi connectivity index (χ1v) is 9.40. The van der Waals surface area contributed by atoms with Crippen LogP contribution >= 0.6 is 0 Å². The van der Waals surface area contributed by atoms with Crippen LogP contribution in [-0.4, -0.2) is 49.9 Å². The first-order chi connectivity index (χ1) is 13.1. The number of rotatable bonds is 5. The number of morpholine rings is 1. The molecule has 0 bridgehead atoms. The van der Waals surface area contributed by atoms with Crippen molar-refractivity contribution in [2.45, 2.75) is 39.1 Å². The smallest absolute Gasteiger partial charge is 0.163 e. The first-order valence-electron chi connectivity index (χ1n) is 9.40. The van der Waals surface area contributed by atoms with E-state index in [4.69, 9.17) is 4.74 Å². The molecule has 27 heavy (non-hydrogen) atoms. The Labute approximate surface area is 159 Å². The molecule has 0 amide bonds. The summed E-state index contributed by atoms with van der Waals surface area (Å²) in [5.41, 5.74) is 3.38. The van der Waals surface area contributed by atoms with E-state index in [0.717, 1.165) is 36.5 Å². The number of hydrogen-bond donors (Lipinski definition) is 1. The van der Waals surface area contributed by atoms with E-state index in [9.17, 15) is 0 Å². The lowest BCUT2D eigenvalue weighted by Crippen LogP contribution is -2.44. The van der Waals surface area contributed by atoms with Crippen molar-refractivity contribution >= 4 is 16.9 Å². The van der Waals surface area contributed by atoms with E-state index in [1.54, 1.807) is 17.2 Å². The minimum atomic E-state index is 0.300. The molecule has 0 radical (unpaired) electrons. The molecule has 0 aliphatic carbocycles. The van der Waals surface area contributed by atoms with Gasteiger partial charge >= 0.3 is 0 Å². The molecule has 4 rings (SSSR count). The number of aromatic nitrogens is 4. The quantitative estimate of drug-likeness (QED) is 0.749. The molecule has 3 heterocycles. The Bertz CT molecular complexity index is 896. The van der Waals surface area contributed by atoms with Crippen molar-refractivity contribution in [2.24, 2.45) is 7.05 Å². The summed E-state index contributed by atoms with van der Waals surface area (Å²) >= 11 is 0. The Hall–Kier alpha value is -2.51. The lowest BCUT2D eigenvalue weighted by molar-refractivity contribution is -0.0704. The molecule has 142 valence electrons. The average molecular weight is 366 g/mol. The summed E-state index contributed by atoms with van der Waals surface area (Å²) in [7, 11) is 1.88. The molecule has 0 spiro atoms. The maximum Gasteiger partial charge on any atom is 0.163 e. The summed E-state index contributed by atoms with van der Waals surface area (Å²) in [6.45, 7) is 7.94. The predicted molar refractivity (Wildman–Crippen MR) is 105 cm³/mol. The zero-order valence-corrected chi connectivity index (χ0v) is 16.1. The van der Waals surface area contributed by atoms with Crippen LogP contribution in [0.5, 0.6) is 0 Å². The molecule has 1 N–H and O–H groups in total. The van der Waals surface area contributed by atoms with E-state index in [2.05, 4.69) is 63.4 Å². The number of nitrogens with one attached hydrogen (secondary N) is 1. The number of nitrogens with zero attached hydrogens (tertiary/aromatic N) is 5. The summed E-state index contributed by atoms with van der Waals surface area (Å²) in [5.74, 6) is 0.813. The average Bonchev–Trinajstić information content (AvgIpc) is 3.02. The number of aryl methyl sites for hydroxylation is 1. The fraction of sp³-hybridized carbons (Fsp3) is 0.450. The lowest BCUT2D eigenvalue weighted by Gasteiger charge is -2.35. The van der Waals surface area contributed by atoms with E-state index >= 15 is 0 Å². The molecule has 7 heteroatoms. The fourth-order valence-corrected chi connectivity index (χ4v) is 3.72. The van der Waals surface area contributed by atoms with Gasteiger partial charge in [0.2, 0.25) is 0 Å². The van der Waals surface area contributed by atoms with Crippen molar-refractivity contribution in [2.75, 3.05) is 18.4 Å². The molecule has 1 aliphatic heterocycles. The van der Waals surface area contributed by atoms with Crippen molar-refractivity contribution in [3.05, 3.63) is 47.9 Å². The highest BCUT2D eigenvalue weighted by molar-refractivity contribution is 5.85. The van der Waals surface area contributed by atoms with Gasteiger partial charge in [0.05, 0.1) is 23.8 Å². The second kappa shape index (κ2) is 7.62. The number of ether oxygens (including phenoxy) is 1. The Balaban J connectivity index is 1.38. The monoisotopic (exact) mass is 366 g/mol. The van der Waals surface area contributed by atoms with Crippen LogP contribution in [0, 0.1) is 0 Å². The van der Waals surface area contributed by atoms with Crippen molar-refractivity contribution < 1.29 is 4.74 Å². The summed E-state index contributed by atoms with van der Waals surface area (Å²) in [6.07, 6.45) is 3.97. The van der Waals surface area contributed by atoms with Gasteiger partial charge in [-0.05, 0) is 25.0 Å². The summed E-state index contributed by atoms with van der Waals surface area (Å²) in [6, 6.07) is 8.78. The number of anilines is 1. The Kier molecular flexibility index (Phi) is 5.05. The zero-order valence-electron chi connectivity index (χ0n) is 16.1. The molecule has 0 unspecified atom stereocenters. The maximum atomic E-state index is 5.81. The molecule has 3 aromatic rings. The molecule has 0 saturated carbocycles. The molecule has 2 atom stereocenters. The second-order valence-corrected chi connectivity index (χ2v) is 7.35. The molecule has 1 fully saturated rings. The largest absolute Gasteiger partial charge is 0.373 e. The van der Waals surface area contributed by atoms with Gasteiger partial charge in [0.1, 0.15) is 12.1 Å². The van der Waals surface area contributed by atoms with Crippen LogP contribution in [0.1, 0.15) is 25.0 Å². The minimum Gasteiger partial charge on any atom is -0.373 e.